The highest BCUT2D eigenvalue weighted by Crippen LogP contribution is 2.16. The van der Waals surface area contributed by atoms with Crippen molar-refractivity contribution >= 4 is 23.6 Å². The Morgan fingerprint density at radius 2 is 1.52 bits per heavy atom. The summed E-state index contributed by atoms with van der Waals surface area (Å²) in [7, 11) is 0. The number of carbonyl (C=O) groups is 4. The third-order valence-electron chi connectivity index (χ3n) is 5.56. The van der Waals surface area contributed by atoms with E-state index in [9.17, 15) is 19.2 Å². The van der Waals surface area contributed by atoms with Gasteiger partial charge < -0.3 is 9.80 Å². The SMILES string of the molecule is O=C(CCN1C(=O)CCC1=O)N1CCN(C(=O)c2ccc(-c3ccccn3)nc2)CC1. The summed E-state index contributed by atoms with van der Waals surface area (Å²) in [5, 5.41) is 0. The van der Waals surface area contributed by atoms with Gasteiger partial charge in [0.25, 0.3) is 5.91 Å². The van der Waals surface area contributed by atoms with Gasteiger partial charge in [0.1, 0.15) is 0 Å². The Kier molecular flexibility index (Phi) is 6.01. The summed E-state index contributed by atoms with van der Waals surface area (Å²) >= 11 is 0. The summed E-state index contributed by atoms with van der Waals surface area (Å²) in [5.41, 5.74) is 1.93. The number of pyridine rings is 2. The average molecular weight is 421 g/mol. The van der Waals surface area contributed by atoms with Crippen molar-refractivity contribution in [3.8, 4) is 11.4 Å². The zero-order valence-corrected chi connectivity index (χ0v) is 17.1. The van der Waals surface area contributed by atoms with Gasteiger partial charge in [0.15, 0.2) is 0 Å². The van der Waals surface area contributed by atoms with Crippen LogP contribution in [0.25, 0.3) is 11.4 Å². The van der Waals surface area contributed by atoms with Crippen LogP contribution in [-0.2, 0) is 14.4 Å². The molecule has 0 bridgehead atoms. The van der Waals surface area contributed by atoms with Crippen LogP contribution < -0.4 is 0 Å². The lowest BCUT2D eigenvalue weighted by Crippen LogP contribution is -2.51. The van der Waals surface area contributed by atoms with Crippen molar-refractivity contribution in [1.82, 2.24) is 24.7 Å². The standard InChI is InChI=1S/C22H23N5O4/c28-19(8-10-27-20(29)6-7-21(27)30)25-11-13-26(14-12-25)22(31)16-4-5-18(24-15-16)17-3-1-2-9-23-17/h1-5,9,15H,6-8,10-14H2. The Balaban J connectivity index is 1.28. The molecule has 9 nitrogen and oxygen atoms in total. The maximum Gasteiger partial charge on any atom is 0.255 e. The number of aromatic nitrogens is 2. The fourth-order valence-corrected chi connectivity index (χ4v) is 3.77. The molecule has 0 spiro atoms. The summed E-state index contributed by atoms with van der Waals surface area (Å²) in [6.45, 7) is 1.82. The summed E-state index contributed by atoms with van der Waals surface area (Å²) in [4.78, 5) is 61.7. The van der Waals surface area contributed by atoms with E-state index in [0.717, 1.165) is 5.69 Å². The van der Waals surface area contributed by atoms with Crippen molar-refractivity contribution in [2.45, 2.75) is 19.3 Å². The van der Waals surface area contributed by atoms with Crippen LogP contribution in [-0.4, -0.2) is 81.0 Å². The lowest BCUT2D eigenvalue weighted by molar-refractivity contribution is -0.139. The van der Waals surface area contributed by atoms with Crippen LogP contribution in [0.3, 0.4) is 0 Å². The first-order valence-corrected chi connectivity index (χ1v) is 10.3. The number of hydrogen-bond acceptors (Lipinski definition) is 6. The van der Waals surface area contributed by atoms with E-state index in [0.29, 0.717) is 37.4 Å². The molecule has 9 heteroatoms. The molecule has 0 aliphatic carbocycles. The van der Waals surface area contributed by atoms with Gasteiger partial charge in [0.2, 0.25) is 17.7 Å². The Bertz CT molecular complexity index is 969. The second-order valence-electron chi connectivity index (χ2n) is 7.51. The van der Waals surface area contributed by atoms with E-state index in [1.165, 1.54) is 4.90 Å². The Hall–Kier alpha value is -3.62. The van der Waals surface area contributed by atoms with Crippen molar-refractivity contribution in [2.24, 2.45) is 0 Å². The number of imide groups is 1. The van der Waals surface area contributed by atoms with Crippen LogP contribution in [0.15, 0.2) is 42.7 Å². The van der Waals surface area contributed by atoms with Crippen molar-refractivity contribution < 1.29 is 19.2 Å². The molecule has 2 aromatic rings. The number of hydrogen-bond donors (Lipinski definition) is 0. The highest BCUT2D eigenvalue weighted by atomic mass is 16.2. The highest BCUT2D eigenvalue weighted by molar-refractivity contribution is 6.02. The number of carbonyl (C=O) groups excluding carboxylic acids is 4. The Morgan fingerprint density at radius 3 is 2.13 bits per heavy atom. The second-order valence-corrected chi connectivity index (χ2v) is 7.51. The maximum atomic E-state index is 12.8. The smallest absolute Gasteiger partial charge is 0.255 e. The molecule has 2 fully saturated rings. The lowest BCUT2D eigenvalue weighted by atomic mass is 10.1. The molecule has 4 rings (SSSR count). The van der Waals surface area contributed by atoms with Crippen LogP contribution in [0.1, 0.15) is 29.6 Å². The third kappa shape index (κ3) is 4.60. The first-order chi connectivity index (χ1) is 15.0. The fourth-order valence-electron chi connectivity index (χ4n) is 3.77. The van der Waals surface area contributed by atoms with Gasteiger partial charge in [0, 0.05) is 64.4 Å². The number of rotatable bonds is 5. The molecule has 2 aromatic heterocycles. The first kappa shape index (κ1) is 20.6. The van der Waals surface area contributed by atoms with Gasteiger partial charge in [-0.1, -0.05) is 6.07 Å². The van der Waals surface area contributed by atoms with E-state index < -0.39 is 0 Å². The molecule has 0 unspecified atom stereocenters. The van der Waals surface area contributed by atoms with Crippen LogP contribution in [0.2, 0.25) is 0 Å². The van der Waals surface area contributed by atoms with Crippen molar-refractivity contribution in [3.63, 3.8) is 0 Å². The second kappa shape index (κ2) is 9.03. The molecule has 31 heavy (non-hydrogen) atoms. The van der Waals surface area contributed by atoms with E-state index in [-0.39, 0.29) is 49.4 Å². The lowest BCUT2D eigenvalue weighted by Gasteiger charge is -2.35. The molecule has 0 saturated carbocycles. The quantitative estimate of drug-likeness (QED) is 0.667. The minimum Gasteiger partial charge on any atom is -0.339 e. The molecule has 4 amide bonds. The normalized spacial score (nSPS) is 16.7. The molecular formula is C22H23N5O4. The van der Waals surface area contributed by atoms with E-state index in [2.05, 4.69) is 9.97 Å². The Labute approximate surface area is 179 Å². The van der Waals surface area contributed by atoms with E-state index in [4.69, 9.17) is 0 Å². The molecule has 2 aliphatic rings. The summed E-state index contributed by atoms with van der Waals surface area (Å²) in [6.07, 6.45) is 3.81. The fraction of sp³-hybridized carbons (Fsp3) is 0.364. The zero-order chi connectivity index (χ0) is 21.8. The van der Waals surface area contributed by atoms with E-state index >= 15 is 0 Å². The van der Waals surface area contributed by atoms with Crippen molar-refractivity contribution in [2.75, 3.05) is 32.7 Å². The monoisotopic (exact) mass is 421 g/mol. The summed E-state index contributed by atoms with van der Waals surface area (Å²) in [6, 6.07) is 9.08. The molecule has 2 saturated heterocycles. The largest absolute Gasteiger partial charge is 0.339 e. The first-order valence-electron chi connectivity index (χ1n) is 10.3. The van der Waals surface area contributed by atoms with Gasteiger partial charge in [-0.15, -0.1) is 0 Å². The van der Waals surface area contributed by atoms with Crippen LogP contribution in [0.4, 0.5) is 0 Å². The van der Waals surface area contributed by atoms with Gasteiger partial charge in [-0.05, 0) is 24.3 Å². The zero-order valence-electron chi connectivity index (χ0n) is 17.1. The maximum absolute atomic E-state index is 12.8. The minimum absolute atomic E-state index is 0.110. The average Bonchev–Trinajstić information content (AvgIpc) is 3.15. The minimum atomic E-state index is -0.212. The number of likely N-dealkylation sites (tertiary alicyclic amines) is 1. The van der Waals surface area contributed by atoms with Crippen molar-refractivity contribution in [1.29, 1.82) is 0 Å². The molecule has 2 aliphatic heterocycles. The summed E-state index contributed by atoms with van der Waals surface area (Å²) < 4.78 is 0. The number of nitrogens with zero attached hydrogens (tertiary/aromatic N) is 5. The topological polar surface area (TPSA) is 104 Å². The van der Waals surface area contributed by atoms with Gasteiger partial charge in [-0.2, -0.15) is 0 Å². The number of amides is 4. The van der Waals surface area contributed by atoms with E-state index in [1.54, 1.807) is 34.3 Å². The molecule has 160 valence electrons. The molecular weight excluding hydrogens is 398 g/mol. The predicted molar refractivity (Wildman–Crippen MR) is 111 cm³/mol. The number of piperazine rings is 1. The van der Waals surface area contributed by atoms with Gasteiger partial charge >= 0.3 is 0 Å². The molecule has 0 N–H and O–H groups in total. The van der Waals surface area contributed by atoms with Crippen LogP contribution in [0.5, 0.6) is 0 Å². The van der Waals surface area contributed by atoms with Crippen LogP contribution >= 0.6 is 0 Å². The molecule has 4 heterocycles. The van der Waals surface area contributed by atoms with Gasteiger partial charge in [-0.3, -0.25) is 34.0 Å². The Morgan fingerprint density at radius 1 is 0.839 bits per heavy atom. The van der Waals surface area contributed by atoms with Gasteiger partial charge in [-0.25, -0.2) is 0 Å². The third-order valence-corrected chi connectivity index (χ3v) is 5.56. The van der Waals surface area contributed by atoms with Gasteiger partial charge in [0.05, 0.1) is 17.0 Å². The predicted octanol–water partition coefficient (Wildman–Crippen LogP) is 0.967. The molecule has 0 atom stereocenters. The van der Waals surface area contributed by atoms with Crippen LogP contribution in [0, 0.1) is 0 Å². The molecule has 0 radical (unpaired) electrons. The molecule has 0 aromatic carbocycles. The summed E-state index contributed by atoms with van der Waals surface area (Å²) in [5.74, 6) is -0.659. The highest BCUT2D eigenvalue weighted by Gasteiger charge is 2.30. The van der Waals surface area contributed by atoms with E-state index in [1.807, 2.05) is 18.2 Å². The van der Waals surface area contributed by atoms with Crippen molar-refractivity contribution in [3.05, 3.63) is 48.3 Å².